The van der Waals surface area contributed by atoms with Crippen molar-refractivity contribution in [1.82, 2.24) is 15.1 Å². The summed E-state index contributed by atoms with van der Waals surface area (Å²) in [5, 5.41) is 3.71. The fourth-order valence-corrected chi connectivity index (χ4v) is 4.39. The Balaban J connectivity index is 1.46. The Morgan fingerprint density at radius 1 is 0.842 bits per heavy atom. The Morgan fingerprint density at radius 3 is 2.42 bits per heavy atom. The van der Waals surface area contributed by atoms with Gasteiger partial charge >= 0.3 is 0 Å². The molecular formula is C16H31N3. The lowest BCUT2D eigenvalue weighted by atomic mass is 9.87. The molecule has 2 atom stereocenters. The Kier molecular flexibility index (Phi) is 4.78. The molecular weight excluding hydrogens is 234 g/mol. The van der Waals surface area contributed by atoms with Crippen molar-refractivity contribution in [2.75, 3.05) is 39.8 Å². The van der Waals surface area contributed by atoms with Crippen LogP contribution in [0.5, 0.6) is 0 Å². The zero-order valence-corrected chi connectivity index (χ0v) is 12.6. The third-order valence-corrected chi connectivity index (χ3v) is 5.68. The molecule has 0 aromatic rings. The van der Waals surface area contributed by atoms with Crippen molar-refractivity contribution in [3.8, 4) is 0 Å². The highest BCUT2D eigenvalue weighted by Crippen LogP contribution is 2.28. The molecule has 0 aliphatic carbocycles. The number of likely N-dealkylation sites (tertiary alicyclic amines) is 2. The van der Waals surface area contributed by atoms with Gasteiger partial charge in [-0.3, -0.25) is 0 Å². The van der Waals surface area contributed by atoms with Gasteiger partial charge in [-0.2, -0.15) is 0 Å². The van der Waals surface area contributed by atoms with E-state index in [2.05, 4.69) is 22.2 Å². The Labute approximate surface area is 118 Å². The minimum absolute atomic E-state index is 0.849. The summed E-state index contributed by atoms with van der Waals surface area (Å²) >= 11 is 0. The van der Waals surface area contributed by atoms with E-state index in [1.165, 1.54) is 77.7 Å². The lowest BCUT2D eigenvalue weighted by Gasteiger charge is -2.39. The molecule has 3 fully saturated rings. The van der Waals surface area contributed by atoms with E-state index in [0.717, 1.165) is 18.0 Å². The van der Waals surface area contributed by atoms with E-state index < -0.39 is 0 Å². The maximum Gasteiger partial charge on any atom is 0.0108 e. The topological polar surface area (TPSA) is 18.5 Å². The van der Waals surface area contributed by atoms with Crippen LogP contribution in [-0.4, -0.2) is 61.7 Å². The van der Waals surface area contributed by atoms with Gasteiger partial charge in [0.15, 0.2) is 0 Å². The van der Waals surface area contributed by atoms with Crippen LogP contribution in [0, 0.1) is 5.92 Å². The van der Waals surface area contributed by atoms with Crippen LogP contribution in [0.15, 0.2) is 0 Å². The van der Waals surface area contributed by atoms with Crippen molar-refractivity contribution >= 4 is 0 Å². The van der Waals surface area contributed by atoms with Crippen LogP contribution in [-0.2, 0) is 0 Å². The third-order valence-electron chi connectivity index (χ3n) is 5.68. The van der Waals surface area contributed by atoms with E-state index in [-0.39, 0.29) is 0 Å². The van der Waals surface area contributed by atoms with Crippen molar-refractivity contribution < 1.29 is 0 Å². The second-order valence-corrected chi connectivity index (χ2v) is 6.96. The number of hydrogen-bond acceptors (Lipinski definition) is 3. The van der Waals surface area contributed by atoms with Crippen molar-refractivity contribution in [2.45, 2.75) is 57.0 Å². The molecule has 0 spiro atoms. The highest BCUT2D eigenvalue weighted by molar-refractivity contribution is 4.88. The van der Waals surface area contributed by atoms with Gasteiger partial charge in [0.05, 0.1) is 0 Å². The van der Waals surface area contributed by atoms with E-state index in [1.54, 1.807) is 0 Å². The van der Waals surface area contributed by atoms with Gasteiger partial charge in [0.1, 0.15) is 0 Å². The van der Waals surface area contributed by atoms with Gasteiger partial charge in [-0.25, -0.2) is 0 Å². The number of nitrogens with one attached hydrogen (secondary N) is 1. The maximum absolute atomic E-state index is 3.71. The molecule has 3 rings (SSSR count). The first kappa shape index (κ1) is 13.8. The first-order chi connectivity index (χ1) is 9.33. The summed E-state index contributed by atoms with van der Waals surface area (Å²) in [5.41, 5.74) is 0. The van der Waals surface area contributed by atoms with Gasteiger partial charge in [-0.1, -0.05) is 0 Å². The zero-order chi connectivity index (χ0) is 13.1. The fraction of sp³-hybridized carbons (Fsp3) is 1.00. The van der Waals surface area contributed by atoms with Crippen LogP contribution in [0.25, 0.3) is 0 Å². The first-order valence-electron chi connectivity index (χ1n) is 8.49. The minimum Gasteiger partial charge on any atom is -0.314 e. The van der Waals surface area contributed by atoms with Gasteiger partial charge in [-0.05, 0) is 90.6 Å². The van der Waals surface area contributed by atoms with Crippen LogP contribution in [0.4, 0.5) is 0 Å². The largest absolute Gasteiger partial charge is 0.314 e. The number of rotatable bonds is 2. The smallest absolute Gasteiger partial charge is 0.0108 e. The molecule has 0 saturated carbocycles. The van der Waals surface area contributed by atoms with Gasteiger partial charge in [0, 0.05) is 12.1 Å². The van der Waals surface area contributed by atoms with Gasteiger partial charge in [-0.15, -0.1) is 0 Å². The second-order valence-electron chi connectivity index (χ2n) is 6.96. The maximum atomic E-state index is 3.71. The number of piperidine rings is 1. The van der Waals surface area contributed by atoms with Gasteiger partial charge in [0.2, 0.25) is 0 Å². The van der Waals surface area contributed by atoms with Crippen molar-refractivity contribution in [3.05, 3.63) is 0 Å². The molecule has 3 saturated heterocycles. The van der Waals surface area contributed by atoms with Crippen LogP contribution >= 0.6 is 0 Å². The Morgan fingerprint density at radius 2 is 1.68 bits per heavy atom. The summed E-state index contributed by atoms with van der Waals surface area (Å²) in [5.74, 6) is 0.965. The average Bonchev–Trinajstić information content (AvgIpc) is 2.89. The van der Waals surface area contributed by atoms with E-state index in [1.807, 2.05) is 0 Å². The molecule has 3 nitrogen and oxygen atoms in total. The molecule has 110 valence electrons. The predicted octanol–water partition coefficient (Wildman–Crippen LogP) is 1.93. The fourth-order valence-electron chi connectivity index (χ4n) is 4.39. The molecule has 3 aliphatic rings. The predicted molar refractivity (Wildman–Crippen MR) is 80.5 cm³/mol. The highest BCUT2D eigenvalue weighted by Gasteiger charge is 2.31. The van der Waals surface area contributed by atoms with Crippen LogP contribution in [0.2, 0.25) is 0 Å². The standard InChI is InChI=1S/C16H31N3/c1-18-10-3-4-15(8-11-18)19-12-6-14(7-13-19)16-5-2-9-17-16/h14-17H,2-13H2,1H3. The molecule has 0 aromatic carbocycles. The Bertz CT molecular complexity index is 267. The first-order valence-corrected chi connectivity index (χ1v) is 8.49. The summed E-state index contributed by atoms with van der Waals surface area (Å²) in [6.07, 6.45) is 9.91. The minimum atomic E-state index is 0.849. The molecule has 3 heterocycles. The van der Waals surface area contributed by atoms with E-state index in [9.17, 15) is 0 Å². The summed E-state index contributed by atoms with van der Waals surface area (Å²) in [7, 11) is 2.28. The monoisotopic (exact) mass is 265 g/mol. The lowest BCUT2D eigenvalue weighted by Crippen LogP contribution is -2.45. The van der Waals surface area contributed by atoms with Crippen LogP contribution in [0.3, 0.4) is 0 Å². The van der Waals surface area contributed by atoms with E-state index in [4.69, 9.17) is 0 Å². The highest BCUT2D eigenvalue weighted by atomic mass is 15.2. The summed E-state index contributed by atoms with van der Waals surface area (Å²) in [4.78, 5) is 5.32. The van der Waals surface area contributed by atoms with Crippen LogP contribution < -0.4 is 5.32 Å². The molecule has 3 heteroatoms. The average molecular weight is 265 g/mol. The molecule has 0 bridgehead atoms. The SMILES string of the molecule is CN1CCCC(N2CCC(C3CCCN3)CC2)CC1. The third kappa shape index (κ3) is 3.50. The van der Waals surface area contributed by atoms with Crippen molar-refractivity contribution in [2.24, 2.45) is 5.92 Å². The normalized spacial score (nSPS) is 36.5. The molecule has 19 heavy (non-hydrogen) atoms. The van der Waals surface area contributed by atoms with E-state index >= 15 is 0 Å². The van der Waals surface area contributed by atoms with Crippen LogP contribution in [0.1, 0.15) is 44.9 Å². The molecule has 0 amide bonds. The van der Waals surface area contributed by atoms with E-state index in [0.29, 0.717) is 0 Å². The van der Waals surface area contributed by atoms with Gasteiger partial charge < -0.3 is 15.1 Å². The number of hydrogen-bond donors (Lipinski definition) is 1. The Hall–Kier alpha value is -0.120. The molecule has 0 aromatic heterocycles. The van der Waals surface area contributed by atoms with Crippen molar-refractivity contribution in [1.29, 1.82) is 0 Å². The molecule has 3 aliphatic heterocycles. The summed E-state index contributed by atoms with van der Waals surface area (Å²) < 4.78 is 0. The summed E-state index contributed by atoms with van der Waals surface area (Å²) in [6.45, 7) is 6.59. The molecule has 1 N–H and O–H groups in total. The molecule has 2 unspecified atom stereocenters. The number of nitrogens with zero attached hydrogens (tertiary/aromatic N) is 2. The quantitative estimate of drug-likeness (QED) is 0.823. The zero-order valence-electron chi connectivity index (χ0n) is 12.6. The molecule has 0 radical (unpaired) electrons. The lowest BCUT2D eigenvalue weighted by molar-refractivity contribution is 0.110. The van der Waals surface area contributed by atoms with Crippen molar-refractivity contribution in [3.63, 3.8) is 0 Å². The van der Waals surface area contributed by atoms with Gasteiger partial charge in [0.25, 0.3) is 0 Å². The summed E-state index contributed by atoms with van der Waals surface area (Å²) in [6, 6.07) is 1.73. The second kappa shape index (κ2) is 6.55.